The molecule has 0 bridgehead atoms. The van der Waals surface area contributed by atoms with Crippen molar-refractivity contribution in [1.29, 1.82) is 0 Å². The molecule has 3 aromatic rings. The van der Waals surface area contributed by atoms with Gasteiger partial charge in [-0.2, -0.15) is 0 Å². The summed E-state index contributed by atoms with van der Waals surface area (Å²) in [6, 6.07) is 17.5. The zero-order valence-corrected chi connectivity index (χ0v) is 14.8. The van der Waals surface area contributed by atoms with Crippen LogP contribution < -0.4 is 10.2 Å². The fraction of sp³-hybridized carbons (Fsp3) is 0.190. The van der Waals surface area contributed by atoms with Crippen molar-refractivity contribution in [3.63, 3.8) is 0 Å². The van der Waals surface area contributed by atoms with E-state index in [0.717, 1.165) is 43.2 Å². The first-order valence-electron chi connectivity index (χ1n) is 8.91. The lowest BCUT2D eigenvalue weighted by Gasteiger charge is -2.29. The van der Waals surface area contributed by atoms with Crippen LogP contribution in [0.5, 0.6) is 0 Å². The fourth-order valence-electron chi connectivity index (χ4n) is 2.99. The number of ether oxygens (including phenoxy) is 1. The van der Waals surface area contributed by atoms with Gasteiger partial charge in [0.1, 0.15) is 0 Å². The lowest BCUT2D eigenvalue weighted by Crippen LogP contribution is -2.36. The lowest BCUT2D eigenvalue weighted by molar-refractivity contribution is 0.102. The average Bonchev–Trinajstić information content (AvgIpc) is 2.75. The molecular formula is C21H20N4O2. The van der Waals surface area contributed by atoms with Crippen LogP contribution in [0.3, 0.4) is 0 Å². The minimum Gasteiger partial charge on any atom is -0.378 e. The molecule has 1 N–H and O–H groups in total. The number of benzene rings is 2. The number of carbonyl (C=O) groups is 1. The number of hydrogen-bond donors (Lipinski definition) is 1. The maximum Gasteiger partial charge on any atom is 0.258 e. The average molecular weight is 360 g/mol. The lowest BCUT2D eigenvalue weighted by atomic mass is 10.2. The molecule has 6 heteroatoms. The molecule has 6 nitrogen and oxygen atoms in total. The Morgan fingerprint density at radius 3 is 2.44 bits per heavy atom. The third kappa shape index (κ3) is 4.12. The monoisotopic (exact) mass is 360 g/mol. The summed E-state index contributed by atoms with van der Waals surface area (Å²) in [4.78, 5) is 23.4. The number of carbonyl (C=O) groups excluding carboxylic acids is 1. The molecule has 2 aromatic carbocycles. The number of rotatable bonds is 4. The summed E-state index contributed by atoms with van der Waals surface area (Å²) in [5.41, 5.74) is 3.16. The summed E-state index contributed by atoms with van der Waals surface area (Å²) in [7, 11) is 0. The van der Waals surface area contributed by atoms with E-state index in [1.807, 2.05) is 54.6 Å². The Hall–Kier alpha value is -3.25. The number of nitrogens with zero attached hydrogens (tertiary/aromatic N) is 3. The van der Waals surface area contributed by atoms with E-state index in [1.165, 1.54) is 0 Å². The molecule has 4 rings (SSSR count). The van der Waals surface area contributed by atoms with Gasteiger partial charge in [0.05, 0.1) is 18.8 Å². The highest BCUT2D eigenvalue weighted by molar-refractivity contribution is 6.04. The van der Waals surface area contributed by atoms with Crippen molar-refractivity contribution in [1.82, 2.24) is 9.97 Å². The van der Waals surface area contributed by atoms with Gasteiger partial charge < -0.3 is 15.0 Å². The van der Waals surface area contributed by atoms with Crippen LogP contribution in [0.2, 0.25) is 0 Å². The Balaban J connectivity index is 1.46. The predicted molar refractivity (Wildman–Crippen MR) is 105 cm³/mol. The Morgan fingerprint density at radius 1 is 0.963 bits per heavy atom. The van der Waals surface area contributed by atoms with Crippen LogP contribution in [0, 0.1) is 0 Å². The molecule has 136 valence electrons. The van der Waals surface area contributed by atoms with Gasteiger partial charge in [0.15, 0.2) is 5.82 Å². The summed E-state index contributed by atoms with van der Waals surface area (Å²) in [5, 5.41) is 2.92. The second-order valence-electron chi connectivity index (χ2n) is 6.27. The molecule has 1 aliphatic heterocycles. The molecule has 0 unspecified atom stereocenters. The predicted octanol–water partition coefficient (Wildman–Crippen LogP) is 3.23. The molecule has 1 fully saturated rings. The molecule has 0 saturated carbocycles. The summed E-state index contributed by atoms with van der Waals surface area (Å²) in [6.45, 7) is 3.15. The molecule has 1 aromatic heterocycles. The molecule has 2 heterocycles. The van der Waals surface area contributed by atoms with E-state index in [0.29, 0.717) is 11.4 Å². The van der Waals surface area contributed by atoms with E-state index in [2.05, 4.69) is 20.2 Å². The van der Waals surface area contributed by atoms with Crippen molar-refractivity contribution in [3.8, 4) is 11.4 Å². The Labute approximate surface area is 157 Å². The quantitative estimate of drug-likeness (QED) is 0.774. The van der Waals surface area contributed by atoms with Crippen molar-refractivity contribution in [2.24, 2.45) is 0 Å². The highest BCUT2D eigenvalue weighted by atomic mass is 16.5. The largest absolute Gasteiger partial charge is 0.378 e. The zero-order chi connectivity index (χ0) is 18.5. The van der Waals surface area contributed by atoms with Gasteiger partial charge in [0.25, 0.3) is 5.91 Å². The first-order chi connectivity index (χ1) is 13.3. The Bertz CT molecular complexity index is 907. The van der Waals surface area contributed by atoms with Gasteiger partial charge in [-0.3, -0.25) is 4.79 Å². The zero-order valence-electron chi connectivity index (χ0n) is 14.8. The van der Waals surface area contributed by atoms with Crippen LogP contribution in [-0.4, -0.2) is 42.2 Å². The van der Waals surface area contributed by atoms with Gasteiger partial charge in [-0.25, -0.2) is 9.97 Å². The first-order valence-corrected chi connectivity index (χ1v) is 8.91. The first kappa shape index (κ1) is 17.2. The summed E-state index contributed by atoms with van der Waals surface area (Å²) in [6.07, 6.45) is 3.10. The molecule has 0 aliphatic carbocycles. The van der Waals surface area contributed by atoms with Crippen LogP contribution in [0.4, 0.5) is 11.4 Å². The molecule has 0 atom stereocenters. The van der Waals surface area contributed by atoms with Crippen molar-refractivity contribution in [3.05, 3.63) is 72.6 Å². The maximum atomic E-state index is 12.5. The standard InChI is InChI=1S/C21H20N4O2/c26-21(17-14-22-20(23-15-17)16-5-2-1-3-6-16)24-18-7-4-8-19(13-18)25-9-11-27-12-10-25/h1-8,13-15H,9-12H2,(H,24,26). The summed E-state index contributed by atoms with van der Waals surface area (Å²) >= 11 is 0. The summed E-state index contributed by atoms with van der Waals surface area (Å²) in [5.74, 6) is 0.371. The molecule has 1 saturated heterocycles. The van der Waals surface area contributed by atoms with Crippen LogP contribution in [0.1, 0.15) is 10.4 Å². The second-order valence-corrected chi connectivity index (χ2v) is 6.27. The number of morpholine rings is 1. The minimum atomic E-state index is -0.228. The van der Waals surface area contributed by atoms with E-state index in [4.69, 9.17) is 4.74 Å². The Morgan fingerprint density at radius 2 is 1.70 bits per heavy atom. The van der Waals surface area contributed by atoms with Crippen LogP contribution in [-0.2, 0) is 4.74 Å². The van der Waals surface area contributed by atoms with Crippen molar-refractivity contribution in [2.75, 3.05) is 36.5 Å². The van der Waals surface area contributed by atoms with E-state index < -0.39 is 0 Å². The molecule has 27 heavy (non-hydrogen) atoms. The van der Waals surface area contributed by atoms with Gasteiger partial charge in [0.2, 0.25) is 0 Å². The number of hydrogen-bond acceptors (Lipinski definition) is 5. The van der Waals surface area contributed by atoms with Crippen molar-refractivity contribution >= 4 is 17.3 Å². The Kier molecular flexibility index (Phi) is 5.07. The van der Waals surface area contributed by atoms with Crippen molar-refractivity contribution < 1.29 is 9.53 Å². The SMILES string of the molecule is O=C(Nc1cccc(N2CCOCC2)c1)c1cnc(-c2ccccc2)nc1. The maximum absolute atomic E-state index is 12.5. The van der Waals surface area contributed by atoms with Crippen LogP contribution in [0.15, 0.2) is 67.0 Å². The molecule has 0 spiro atoms. The third-order valence-corrected chi connectivity index (χ3v) is 4.43. The van der Waals surface area contributed by atoms with Gasteiger partial charge in [0, 0.05) is 42.4 Å². The molecule has 0 radical (unpaired) electrons. The van der Waals surface area contributed by atoms with Crippen LogP contribution in [0.25, 0.3) is 11.4 Å². The highest BCUT2D eigenvalue weighted by Gasteiger charge is 2.13. The molecular weight excluding hydrogens is 340 g/mol. The molecule has 1 aliphatic rings. The molecule has 1 amide bonds. The number of aromatic nitrogens is 2. The highest BCUT2D eigenvalue weighted by Crippen LogP contribution is 2.21. The van der Waals surface area contributed by atoms with Gasteiger partial charge in [-0.05, 0) is 18.2 Å². The number of amides is 1. The number of anilines is 2. The van der Waals surface area contributed by atoms with E-state index in [-0.39, 0.29) is 5.91 Å². The second kappa shape index (κ2) is 7.97. The van der Waals surface area contributed by atoms with Crippen LogP contribution >= 0.6 is 0 Å². The fourth-order valence-corrected chi connectivity index (χ4v) is 2.99. The van der Waals surface area contributed by atoms with Gasteiger partial charge in [-0.15, -0.1) is 0 Å². The van der Waals surface area contributed by atoms with Gasteiger partial charge in [-0.1, -0.05) is 36.4 Å². The van der Waals surface area contributed by atoms with E-state index in [9.17, 15) is 4.79 Å². The van der Waals surface area contributed by atoms with E-state index in [1.54, 1.807) is 12.4 Å². The van der Waals surface area contributed by atoms with Gasteiger partial charge >= 0.3 is 0 Å². The number of nitrogens with one attached hydrogen (secondary N) is 1. The summed E-state index contributed by atoms with van der Waals surface area (Å²) < 4.78 is 5.39. The van der Waals surface area contributed by atoms with E-state index >= 15 is 0 Å². The minimum absolute atomic E-state index is 0.228. The third-order valence-electron chi connectivity index (χ3n) is 4.43. The topological polar surface area (TPSA) is 67.4 Å². The van der Waals surface area contributed by atoms with Crippen molar-refractivity contribution in [2.45, 2.75) is 0 Å². The normalized spacial score (nSPS) is 14.0. The smallest absolute Gasteiger partial charge is 0.258 e.